The molecule has 0 saturated carbocycles. The average molecular weight is 456 g/mol. The highest BCUT2D eigenvalue weighted by Crippen LogP contribution is 2.35. The third-order valence-electron chi connectivity index (χ3n) is 6.47. The zero-order valence-corrected chi connectivity index (χ0v) is 19.8. The van der Waals surface area contributed by atoms with Crippen LogP contribution in [0.15, 0.2) is 66.7 Å². The molecule has 0 aliphatic carbocycles. The smallest absolute Gasteiger partial charge is 0.227 e. The first-order valence-electron chi connectivity index (χ1n) is 11.6. The van der Waals surface area contributed by atoms with Crippen LogP contribution < -0.4 is 14.4 Å². The van der Waals surface area contributed by atoms with E-state index >= 15 is 0 Å². The van der Waals surface area contributed by atoms with E-state index < -0.39 is 0 Å². The first kappa shape index (κ1) is 22.0. The number of methoxy groups -OCH3 is 1. The number of hydrogen-bond donors (Lipinski definition) is 0. The second-order valence-electron chi connectivity index (χ2n) is 8.83. The molecule has 0 radical (unpaired) electrons. The van der Waals surface area contributed by atoms with Crippen molar-refractivity contribution in [1.82, 2.24) is 9.55 Å². The van der Waals surface area contributed by atoms with Gasteiger partial charge in [-0.1, -0.05) is 24.3 Å². The van der Waals surface area contributed by atoms with E-state index in [0.29, 0.717) is 26.1 Å². The molecule has 0 bridgehead atoms. The fraction of sp³-hybridized carbons (Fsp3) is 0.286. The summed E-state index contributed by atoms with van der Waals surface area (Å²) in [4.78, 5) is 19.9. The van der Waals surface area contributed by atoms with E-state index in [1.807, 2.05) is 47.4 Å². The van der Waals surface area contributed by atoms with Gasteiger partial charge in [-0.3, -0.25) is 4.79 Å². The molecular weight excluding hydrogens is 426 g/mol. The van der Waals surface area contributed by atoms with E-state index in [1.54, 1.807) is 7.11 Å². The molecule has 0 N–H and O–H groups in total. The van der Waals surface area contributed by atoms with Gasteiger partial charge in [0.15, 0.2) is 0 Å². The van der Waals surface area contributed by atoms with Gasteiger partial charge in [-0.15, -0.1) is 0 Å². The highest BCUT2D eigenvalue weighted by molar-refractivity contribution is 5.97. The first-order valence-corrected chi connectivity index (χ1v) is 11.6. The summed E-state index contributed by atoms with van der Waals surface area (Å²) < 4.78 is 13.4. The number of amides is 1. The van der Waals surface area contributed by atoms with Gasteiger partial charge in [0.05, 0.1) is 24.7 Å². The van der Waals surface area contributed by atoms with Crippen LogP contribution in [0.3, 0.4) is 0 Å². The minimum absolute atomic E-state index is 0.0285. The van der Waals surface area contributed by atoms with Crippen molar-refractivity contribution in [2.24, 2.45) is 0 Å². The quantitative estimate of drug-likeness (QED) is 0.381. The molecule has 1 atom stereocenters. The summed E-state index contributed by atoms with van der Waals surface area (Å²) >= 11 is 0. The third kappa shape index (κ3) is 4.23. The maximum atomic E-state index is 13.1. The number of para-hydroxylation sites is 2. The summed E-state index contributed by atoms with van der Waals surface area (Å²) in [5.41, 5.74) is 5.27. The van der Waals surface area contributed by atoms with E-state index in [0.717, 1.165) is 45.2 Å². The minimum atomic E-state index is 0.0285. The van der Waals surface area contributed by atoms with E-state index in [-0.39, 0.29) is 11.8 Å². The van der Waals surface area contributed by atoms with Crippen LogP contribution in [0.5, 0.6) is 11.5 Å². The summed E-state index contributed by atoms with van der Waals surface area (Å²) in [6, 6.07) is 22.0. The average Bonchev–Trinajstić information content (AvgIpc) is 3.41. The van der Waals surface area contributed by atoms with Gasteiger partial charge in [-0.05, 0) is 67.4 Å². The molecule has 5 rings (SSSR count). The molecule has 2 heterocycles. The molecule has 1 saturated heterocycles. The van der Waals surface area contributed by atoms with Gasteiger partial charge < -0.3 is 18.9 Å². The molecule has 1 amide bonds. The monoisotopic (exact) mass is 455 g/mol. The Bertz CT molecular complexity index is 1330. The number of anilines is 1. The molecule has 6 heteroatoms. The Morgan fingerprint density at radius 2 is 1.76 bits per heavy atom. The third-order valence-corrected chi connectivity index (χ3v) is 6.47. The van der Waals surface area contributed by atoms with Gasteiger partial charge in [0.1, 0.15) is 23.9 Å². The minimum Gasteiger partial charge on any atom is -0.497 e. The Morgan fingerprint density at radius 1 is 1.00 bits per heavy atom. The van der Waals surface area contributed by atoms with Crippen LogP contribution in [0.2, 0.25) is 0 Å². The summed E-state index contributed by atoms with van der Waals surface area (Å²) in [5.74, 6) is 2.71. The van der Waals surface area contributed by atoms with Crippen LogP contribution in [0.1, 0.15) is 29.3 Å². The van der Waals surface area contributed by atoms with Gasteiger partial charge in [-0.2, -0.15) is 0 Å². The molecular formula is C28H29N3O3. The van der Waals surface area contributed by atoms with Gasteiger partial charge in [0.2, 0.25) is 5.91 Å². The summed E-state index contributed by atoms with van der Waals surface area (Å²) in [6.07, 6.45) is 0.454. The second-order valence-corrected chi connectivity index (χ2v) is 8.83. The van der Waals surface area contributed by atoms with E-state index in [1.165, 1.54) is 0 Å². The number of fused-ring (bicyclic) bond motifs is 1. The van der Waals surface area contributed by atoms with E-state index in [4.69, 9.17) is 14.5 Å². The maximum Gasteiger partial charge on any atom is 0.227 e. The molecule has 0 spiro atoms. The lowest BCUT2D eigenvalue weighted by Crippen LogP contribution is -2.25. The Labute approximate surface area is 199 Å². The number of carbonyl (C=O) groups excluding carboxylic acids is 1. The van der Waals surface area contributed by atoms with Crippen LogP contribution in [0.4, 0.5) is 5.69 Å². The topological polar surface area (TPSA) is 56.6 Å². The van der Waals surface area contributed by atoms with Crippen LogP contribution >= 0.6 is 0 Å². The molecule has 1 aliphatic heterocycles. The molecule has 174 valence electrons. The van der Waals surface area contributed by atoms with Crippen LogP contribution in [-0.2, 0) is 11.3 Å². The Morgan fingerprint density at radius 3 is 2.56 bits per heavy atom. The van der Waals surface area contributed by atoms with Gasteiger partial charge >= 0.3 is 0 Å². The summed E-state index contributed by atoms with van der Waals surface area (Å²) in [7, 11) is 1.65. The van der Waals surface area contributed by atoms with Crippen molar-refractivity contribution in [2.45, 2.75) is 32.7 Å². The molecule has 1 aromatic heterocycles. The van der Waals surface area contributed by atoms with Crippen molar-refractivity contribution >= 4 is 22.6 Å². The molecule has 1 fully saturated rings. The van der Waals surface area contributed by atoms with Crippen molar-refractivity contribution in [1.29, 1.82) is 0 Å². The van der Waals surface area contributed by atoms with Crippen LogP contribution in [-0.4, -0.2) is 35.7 Å². The highest BCUT2D eigenvalue weighted by atomic mass is 16.5. The number of aryl methyl sites for hydroxylation is 2. The van der Waals surface area contributed by atoms with Gasteiger partial charge in [0.25, 0.3) is 0 Å². The number of aromatic nitrogens is 2. The largest absolute Gasteiger partial charge is 0.497 e. The standard InChI is InChI=1S/C28H29N3O3/c1-19-8-9-20(2)26(16-19)31-18-21(17-27(31)32)28-29-24-6-4-5-7-25(24)30(28)14-15-34-23-12-10-22(33-3)11-13-23/h4-13,16,21H,14-15,17-18H2,1-3H3/t21-/m1/s1. The fourth-order valence-electron chi connectivity index (χ4n) is 4.69. The molecule has 6 nitrogen and oxygen atoms in total. The number of nitrogens with zero attached hydrogens (tertiary/aromatic N) is 3. The number of benzene rings is 3. The molecule has 1 aliphatic rings. The second kappa shape index (κ2) is 9.21. The van der Waals surface area contributed by atoms with E-state index in [9.17, 15) is 4.79 Å². The number of imidazole rings is 1. The molecule has 3 aromatic carbocycles. The van der Waals surface area contributed by atoms with Crippen molar-refractivity contribution in [3.8, 4) is 11.5 Å². The lowest BCUT2D eigenvalue weighted by molar-refractivity contribution is -0.117. The predicted octanol–water partition coefficient (Wildman–Crippen LogP) is 5.26. The first-order chi connectivity index (χ1) is 16.5. The number of ether oxygens (including phenoxy) is 2. The summed E-state index contributed by atoms with van der Waals surface area (Å²) in [5, 5.41) is 0. The SMILES string of the molecule is COc1ccc(OCCn2c([C@@H]3CC(=O)N(c4cc(C)ccc4C)C3)nc3ccccc32)cc1. The van der Waals surface area contributed by atoms with Gasteiger partial charge in [-0.25, -0.2) is 4.98 Å². The van der Waals surface area contributed by atoms with Crippen molar-refractivity contribution < 1.29 is 14.3 Å². The fourth-order valence-corrected chi connectivity index (χ4v) is 4.69. The zero-order valence-electron chi connectivity index (χ0n) is 19.8. The van der Waals surface area contributed by atoms with Crippen molar-refractivity contribution in [3.63, 3.8) is 0 Å². The summed E-state index contributed by atoms with van der Waals surface area (Å²) in [6.45, 7) is 5.90. The van der Waals surface area contributed by atoms with E-state index in [2.05, 4.69) is 42.7 Å². The maximum absolute atomic E-state index is 13.1. The Hall–Kier alpha value is -3.80. The normalized spacial score (nSPS) is 15.8. The highest BCUT2D eigenvalue weighted by Gasteiger charge is 2.35. The zero-order chi connectivity index (χ0) is 23.7. The number of hydrogen-bond acceptors (Lipinski definition) is 4. The van der Waals surface area contributed by atoms with Crippen molar-refractivity contribution in [2.75, 3.05) is 25.2 Å². The van der Waals surface area contributed by atoms with Crippen molar-refractivity contribution in [3.05, 3.63) is 83.7 Å². The predicted molar refractivity (Wildman–Crippen MR) is 134 cm³/mol. The molecule has 4 aromatic rings. The van der Waals surface area contributed by atoms with Crippen LogP contribution in [0.25, 0.3) is 11.0 Å². The number of rotatable bonds is 7. The van der Waals surface area contributed by atoms with Crippen LogP contribution in [0, 0.1) is 13.8 Å². The Balaban J connectivity index is 1.39. The molecule has 34 heavy (non-hydrogen) atoms. The lowest BCUT2D eigenvalue weighted by atomic mass is 10.1. The number of carbonyl (C=O) groups is 1. The van der Waals surface area contributed by atoms with Gasteiger partial charge in [0, 0.05) is 24.6 Å². The molecule has 0 unspecified atom stereocenters. The Kier molecular flexibility index (Phi) is 5.97. The lowest BCUT2D eigenvalue weighted by Gasteiger charge is -2.20.